The van der Waals surface area contributed by atoms with Crippen LogP contribution in [0.1, 0.15) is 81.3 Å². The lowest BCUT2D eigenvalue weighted by molar-refractivity contribution is -0.142. The molecule has 1 heterocycles. The summed E-state index contributed by atoms with van der Waals surface area (Å²) in [5, 5.41) is 13.4. The summed E-state index contributed by atoms with van der Waals surface area (Å²) in [5.41, 5.74) is 0. The Kier molecular flexibility index (Phi) is 4.03. The molecule has 0 saturated heterocycles. The fraction of sp³-hybridized carbons (Fsp3) is 0.800. The van der Waals surface area contributed by atoms with Gasteiger partial charge in [0.25, 0.3) is 0 Å². The van der Waals surface area contributed by atoms with Crippen LogP contribution in [0.3, 0.4) is 0 Å². The van der Waals surface area contributed by atoms with Gasteiger partial charge in [0, 0.05) is 5.92 Å². The third kappa shape index (κ3) is 2.72. The van der Waals surface area contributed by atoms with Crippen molar-refractivity contribution in [2.24, 2.45) is 5.92 Å². The fourth-order valence-electron chi connectivity index (χ4n) is 3.65. The van der Waals surface area contributed by atoms with Crippen LogP contribution in [-0.4, -0.2) is 21.2 Å². The first-order valence-corrected chi connectivity index (χ1v) is 7.82. The van der Waals surface area contributed by atoms with E-state index in [0.717, 1.165) is 37.9 Å². The second kappa shape index (κ2) is 5.94. The number of carbonyl (C=O) groups is 1. The number of hydrogen-bond acceptors (Lipinski definition) is 4. The highest BCUT2D eigenvalue weighted by Crippen LogP contribution is 2.40. The highest BCUT2D eigenvalue weighted by Gasteiger charge is 2.38. The Morgan fingerprint density at radius 1 is 1.05 bits per heavy atom. The van der Waals surface area contributed by atoms with Gasteiger partial charge in [0.15, 0.2) is 5.82 Å². The minimum Gasteiger partial charge on any atom is -0.481 e. The normalized spacial score (nSPS) is 28.4. The quantitative estimate of drug-likeness (QED) is 0.857. The molecule has 2 aliphatic rings. The molecule has 0 spiro atoms. The summed E-state index contributed by atoms with van der Waals surface area (Å²) in [5.74, 6) is 0.588. The SMILES string of the molecule is O=C(O)C1CCCC1c1nc(C2CCCCCC2)no1. The monoisotopic (exact) mass is 278 g/mol. The van der Waals surface area contributed by atoms with Crippen LogP contribution in [0.5, 0.6) is 0 Å². The first kappa shape index (κ1) is 13.6. The molecule has 2 atom stereocenters. The van der Waals surface area contributed by atoms with E-state index in [0.29, 0.717) is 11.8 Å². The first-order valence-electron chi connectivity index (χ1n) is 7.82. The molecule has 2 aliphatic carbocycles. The second-order valence-corrected chi connectivity index (χ2v) is 6.16. The Morgan fingerprint density at radius 3 is 2.50 bits per heavy atom. The van der Waals surface area contributed by atoms with Crippen LogP contribution in [0.25, 0.3) is 0 Å². The molecule has 2 fully saturated rings. The van der Waals surface area contributed by atoms with Crippen molar-refractivity contribution in [3.63, 3.8) is 0 Å². The average Bonchev–Trinajstić information content (AvgIpc) is 3.02. The number of aromatic nitrogens is 2. The maximum Gasteiger partial charge on any atom is 0.307 e. The Bertz CT molecular complexity index is 463. The van der Waals surface area contributed by atoms with E-state index in [1.807, 2.05) is 0 Å². The van der Waals surface area contributed by atoms with Gasteiger partial charge in [-0.1, -0.05) is 37.3 Å². The maximum absolute atomic E-state index is 11.2. The molecule has 0 amide bonds. The first-order chi connectivity index (χ1) is 9.75. The molecule has 2 unspecified atom stereocenters. The Balaban J connectivity index is 1.74. The molecule has 0 aliphatic heterocycles. The number of carboxylic acids is 1. The van der Waals surface area contributed by atoms with Crippen molar-refractivity contribution in [3.05, 3.63) is 11.7 Å². The van der Waals surface area contributed by atoms with Crippen molar-refractivity contribution in [2.75, 3.05) is 0 Å². The summed E-state index contributed by atoms with van der Waals surface area (Å²) >= 11 is 0. The van der Waals surface area contributed by atoms with E-state index in [1.54, 1.807) is 0 Å². The second-order valence-electron chi connectivity index (χ2n) is 6.16. The van der Waals surface area contributed by atoms with Crippen molar-refractivity contribution >= 4 is 5.97 Å². The highest BCUT2D eigenvalue weighted by molar-refractivity contribution is 5.71. The topological polar surface area (TPSA) is 76.2 Å². The Morgan fingerprint density at radius 2 is 1.80 bits per heavy atom. The van der Waals surface area contributed by atoms with Crippen LogP contribution < -0.4 is 0 Å². The molecule has 3 rings (SSSR count). The third-order valence-electron chi connectivity index (χ3n) is 4.83. The number of hydrogen-bond donors (Lipinski definition) is 1. The summed E-state index contributed by atoms with van der Waals surface area (Å²) in [6.07, 6.45) is 9.83. The summed E-state index contributed by atoms with van der Waals surface area (Å²) < 4.78 is 5.40. The van der Waals surface area contributed by atoms with Crippen molar-refractivity contribution < 1.29 is 14.4 Å². The van der Waals surface area contributed by atoms with E-state index >= 15 is 0 Å². The van der Waals surface area contributed by atoms with Crippen LogP contribution in [0.4, 0.5) is 0 Å². The van der Waals surface area contributed by atoms with Gasteiger partial charge in [0.1, 0.15) is 0 Å². The van der Waals surface area contributed by atoms with E-state index in [9.17, 15) is 9.90 Å². The van der Waals surface area contributed by atoms with Crippen molar-refractivity contribution in [2.45, 2.75) is 69.6 Å². The van der Waals surface area contributed by atoms with Gasteiger partial charge in [-0.25, -0.2) is 0 Å². The molecule has 0 aromatic carbocycles. The van der Waals surface area contributed by atoms with E-state index in [2.05, 4.69) is 10.1 Å². The van der Waals surface area contributed by atoms with Gasteiger partial charge in [-0.2, -0.15) is 4.98 Å². The lowest BCUT2D eigenvalue weighted by Gasteiger charge is -2.10. The van der Waals surface area contributed by atoms with Gasteiger partial charge < -0.3 is 9.63 Å². The van der Waals surface area contributed by atoms with Crippen LogP contribution in [-0.2, 0) is 4.79 Å². The van der Waals surface area contributed by atoms with E-state index in [1.165, 1.54) is 25.7 Å². The summed E-state index contributed by atoms with van der Waals surface area (Å²) in [7, 11) is 0. The molecule has 5 nitrogen and oxygen atoms in total. The predicted octanol–water partition coefficient (Wildman–Crippen LogP) is 3.48. The lowest BCUT2D eigenvalue weighted by Crippen LogP contribution is -2.17. The van der Waals surface area contributed by atoms with Crippen molar-refractivity contribution in [1.29, 1.82) is 0 Å². The standard InChI is InChI=1S/C15H22N2O3/c18-15(19)12-9-5-8-11(12)14-16-13(17-20-14)10-6-3-1-2-4-7-10/h10-12H,1-9H2,(H,18,19). The molecule has 110 valence electrons. The smallest absolute Gasteiger partial charge is 0.307 e. The highest BCUT2D eigenvalue weighted by atomic mass is 16.5. The van der Waals surface area contributed by atoms with Gasteiger partial charge >= 0.3 is 5.97 Å². The summed E-state index contributed by atoms with van der Waals surface area (Å²) in [4.78, 5) is 15.8. The molecular weight excluding hydrogens is 256 g/mol. The zero-order chi connectivity index (χ0) is 13.9. The van der Waals surface area contributed by atoms with Crippen LogP contribution in [0.2, 0.25) is 0 Å². The molecule has 0 radical (unpaired) electrons. The minimum atomic E-state index is -0.735. The van der Waals surface area contributed by atoms with Crippen LogP contribution in [0, 0.1) is 5.92 Å². The Labute approximate surface area is 118 Å². The molecule has 0 bridgehead atoms. The lowest BCUT2D eigenvalue weighted by atomic mass is 9.96. The van der Waals surface area contributed by atoms with Gasteiger partial charge in [-0.15, -0.1) is 0 Å². The van der Waals surface area contributed by atoms with Gasteiger partial charge in [-0.3, -0.25) is 4.79 Å². The number of rotatable bonds is 3. The van der Waals surface area contributed by atoms with Crippen molar-refractivity contribution in [3.8, 4) is 0 Å². The largest absolute Gasteiger partial charge is 0.481 e. The fourth-order valence-corrected chi connectivity index (χ4v) is 3.65. The molecule has 1 N–H and O–H groups in total. The zero-order valence-electron chi connectivity index (χ0n) is 11.8. The van der Waals surface area contributed by atoms with E-state index in [4.69, 9.17) is 4.52 Å². The minimum absolute atomic E-state index is 0.0838. The van der Waals surface area contributed by atoms with Gasteiger partial charge in [-0.05, 0) is 25.7 Å². The van der Waals surface area contributed by atoms with Gasteiger partial charge in [0.05, 0.1) is 11.8 Å². The molecule has 1 aromatic rings. The molecule has 5 heteroatoms. The average molecular weight is 278 g/mol. The van der Waals surface area contributed by atoms with Crippen LogP contribution in [0.15, 0.2) is 4.52 Å². The van der Waals surface area contributed by atoms with E-state index in [-0.39, 0.29) is 11.8 Å². The maximum atomic E-state index is 11.2. The van der Waals surface area contributed by atoms with Crippen LogP contribution >= 0.6 is 0 Å². The van der Waals surface area contributed by atoms with Gasteiger partial charge in [0.2, 0.25) is 5.89 Å². The number of carboxylic acid groups (broad SMARTS) is 1. The molecule has 2 saturated carbocycles. The van der Waals surface area contributed by atoms with Crippen molar-refractivity contribution in [1.82, 2.24) is 10.1 Å². The zero-order valence-corrected chi connectivity index (χ0v) is 11.8. The summed E-state index contributed by atoms with van der Waals surface area (Å²) in [6.45, 7) is 0. The Hall–Kier alpha value is -1.39. The number of aliphatic carboxylic acids is 1. The molecule has 1 aromatic heterocycles. The summed E-state index contributed by atoms with van der Waals surface area (Å²) in [6, 6.07) is 0. The predicted molar refractivity (Wildman–Crippen MR) is 72.5 cm³/mol. The van der Waals surface area contributed by atoms with E-state index < -0.39 is 5.97 Å². The molecule has 20 heavy (non-hydrogen) atoms. The number of nitrogens with zero attached hydrogens (tertiary/aromatic N) is 2. The molecular formula is C15H22N2O3. The third-order valence-corrected chi connectivity index (χ3v) is 4.83.